The second kappa shape index (κ2) is 4.84. The zero-order valence-corrected chi connectivity index (χ0v) is 9.29. The molecule has 1 aromatic carbocycles. The third-order valence-corrected chi connectivity index (χ3v) is 2.38. The van der Waals surface area contributed by atoms with Crippen molar-refractivity contribution in [1.29, 1.82) is 0 Å². The van der Waals surface area contributed by atoms with E-state index in [1.807, 2.05) is 24.3 Å². The van der Waals surface area contributed by atoms with Gasteiger partial charge in [0.2, 0.25) is 6.29 Å². The molecule has 1 atom stereocenters. The van der Waals surface area contributed by atoms with E-state index in [-0.39, 0.29) is 0 Å². The second-order valence-electron chi connectivity index (χ2n) is 3.54. The molecular formula is C13H12O4. The third kappa shape index (κ3) is 2.73. The SMILES string of the molecule is COc1ccc(/C=C/C2=CC(=O)OC2O)cc1. The molecule has 0 saturated carbocycles. The monoisotopic (exact) mass is 232 g/mol. The summed E-state index contributed by atoms with van der Waals surface area (Å²) in [6.45, 7) is 0. The lowest BCUT2D eigenvalue weighted by atomic mass is 10.1. The predicted molar refractivity (Wildman–Crippen MR) is 62.2 cm³/mol. The minimum atomic E-state index is -1.16. The van der Waals surface area contributed by atoms with Gasteiger partial charge in [-0.25, -0.2) is 4.79 Å². The summed E-state index contributed by atoms with van der Waals surface area (Å²) in [5.74, 6) is 0.257. The highest BCUT2D eigenvalue weighted by Gasteiger charge is 2.21. The van der Waals surface area contributed by atoms with E-state index in [0.29, 0.717) is 5.57 Å². The third-order valence-electron chi connectivity index (χ3n) is 2.38. The smallest absolute Gasteiger partial charge is 0.333 e. The average Bonchev–Trinajstić information content (AvgIpc) is 2.66. The van der Waals surface area contributed by atoms with Gasteiger partial charge in [0.15, 0.2) is 0 Å². The second-order valence-corrected chi connectivity index (χ2v) is 3.54. The molecule has 0 fully saturated rings. The highest BCUT2D eigenvalue weighted by Crippen LogP contribution is 2.17. The molecule has 0 radical (unpaired) electrons. The molecule has 1 heterocycles. The number of carbonyl (C=O) groups excluding carboxylic acids is 1. The maximum absolute atomic E-state index is 10.8. The molecule has 0 aliphatic carbocycles. The Kier molecular flexibility index (Phi) is 3.25. The fraction of sp³-hybridized carbons (Fsp3) is 0.154. The largest absolute Gasteiger partial charge is 0.497 e. The van der Waals surface area contributed by atoms with Crippen LogP contribution in [0.25, 0.3) is 6.08 Å². The van der Waals surface area contributed by atoms with Crippen molar-refractivity contribution in [3.63, 3.8) is 0 Å². The van der Waals surface area contributed by atoms with Crippen LogP contribution < -0.4 is 4.74 Å². The first-order chi connectivity index (χ1) is 8.19. The summed E-state index contributed by atoms with van der Waals surface area (Å²) in [5, 5.41) is 9.34. The number of aliphatic hydroxyl groups is 1. The van der Waals surface area contributed by atoms with Crippen LogP contribution in [0, 0.1) is 0 Å². The Morgan fingerprint density at radius 2 is 2.00 bits per heavy atom. The quantitative estimate of drug-likeness (QED) is 0.802. The zero-order chi connectivity index (χ0) is 12.3. The van der Waals surface area contributed by atoms with Gasteiger partial charge in [0, 0.05) is 11.6 Å². The van der Waals surface area contributed by atoms with Crippen molar-refractivity contribution >= 4 is 12.0 Å². The number of aliphatic hydroxyl groups excluding tert-OH is 1. The van der Waals surface area contributed by atoms with Crippen LogP contribution in [0.3, 0.4) is 0 Å². The number of methoxy groups -OCH3 is 1. The molecule has 1 aliphatic heterocycles. The van der Waals surface area contributed by atoms with E-state index in [0.717, 1.165) is 11.3 Å². The van der Waals surface area contributed by atoms with Crippen molar-refractivity contribution in [3.8, 4) is 5.75 Å². The Bertz CT molecular complexity index is 471. The van der Waals surface area contributed by atoms with Crippen LogP contribution in [0.1, 0.15) is 5.56 Å². The summed E-state index contributed by atoms with van der Waals surface area (Å²) in [7, 11) is 1.60. The Morgan fingerprint density at radius 3 is 2.53 bits per heavy atom. The molecule has 1 N–H and O–H groups in total. The summed E-state index contributed by atoms with van der Waals surface area (Å²) in [6.07, 6.45) is 3.55. The maximum atomic E-state index is 10.8. The van der Waals surface area contributed by atoms with Gasteiger partial charge in [-0.05, 0) is 17.7 Å². The lowest BCUT2D eigenvalue weighted by Crippen LogP contribution is -2.08. The fourth-order valence-electron chi connectivity index (χ4n) is 1.46. The summed E-state index contributed by atoms with van der Waals surface area (Å²) < 4.78 is 9.59. The van der Waals surface area contributed by atoms with Crippen LogP contribution in [0.15, 0.2) is 42.0 Å². The molecule has 4 nitrogen and oxygen atoms in total. The van der Waals surface area contributed by atoms with Crippen LogP contribution >= 0.6 is 0 Å². The van der Waals surface area contributed by atoms with Crippen LogP contribution in [0.2, 0.25) is 0 Å². The summed E-state index contributed by atoms with van der Waals surface area (Å²) >= 11 is 0. The van der Waals surface area contributed by atoms with E-state index in [1.54, 1.807) is 19.3 Å². The minimum absolute atomic E-state index is 0.450. The zero-order valence-electron chi connectivity index (χ0n) is 9.29. The molecule has 88 valence electrons. The first-order valence-electron chi connectivity index (χ1n) is 5.11. The van der Waals surface area contributed by atoms with Gasteiger partial charge in [-0.15, -0.1) is 0 Å². The normalized spacial score (nSPS) is 19.3. The van der Waals surface area contributed by atoms with Crippen molar-refractivity contribution in [2.45, 2.75) is 6.29 Å². The van der Waals surface area contributed by atoms with Gasteiger partial charge >= 0.3 is 5.97 Å². The molecule has 4 heteroatoms. The van der Waals surface area contributed by atoms with Crippen molar-refractivity contribution in [2.24, 2.45) is 0 Å². The van der Waals surface area contributed by atoms with Crippen molar-refractivity contribution in [3.05, 3.63) is 47.6 Å². The van der Waals surface area contributed by atoms with Gasteiger partial charge < -0.3 is 14.6 Å². The molecular weight excluding hydrogens is 220 g/mol. The number of hydrogen-bond donors (Lipinski definition) is 1. The Morgan fingerprint density at radius 1 is 1.29 bits per heavy atom. The first-order valence-corrected chi connectivity index (χ1v) is 5.11. The number of carbonyl (C=O) groups is 1. The summed E-state index contributed by atoms with van der Waals surface area (Å²) in [6, 6.07) is 7.42. The minimum Gasteiger partial charge on any atom is -0.497 e. The van der Waals surface area contributed by atoms with Crippen molar-refractivity contribution < 1.29 is 19.4 Å². The molecule has 0 spiro atoms. The van der Waals surface area contributed by atoms with Gasteiger partial charge in [-0.2, -0.15) is 0 Å². The summed E-state index contributed by atoms with van der Waals surface area (Å²) in [4.78, 5) is 10.8. The standard InChI is InChI=1S/C13H12O4/c1-16-11-6-3-9(4-7-11)2-5-10-8-12(14)17-13(10)15/h2-8,13,15H,1H3/b5-2+. The van der Waals surface area contributed by atoms with Gasteiger partial charge in [0.1, 0.15) is 5.75 Å². The predicted octanol–water partition coefficient (Wildman–Crippen LogP) is 1.51. The fourth-order valence-corrected chi connectivity index (χ4v) is 1.46. The molecule has 0 amide bonds. The van der Waals surface area contributed by atoms with E-state index in [4.69, 9.17) is 4.74 Å². The Balaban J connectivity index is 2.10. The molecule has 0 bridgehead atoms. The molecule has 2 rings (SSSR count). The molecule has 1 aliphatic rings. The van der Waals surface area contributed by atoms with Crippen LogP contribution in [-0.4, -0.2) is 24.5 Å². The molecule has 0 aromatic heterocycles. The number of benzene rings is 1. The van der Waals surface area contributed by atoms with E-state index in [1.165, 1.54) is 6.08 Å². The Hall–Kier alpha value is -2.07. The number of cyclic esters (lactones) is 1. The van der Waals surface area contributed by atoms with Gasteiger partial charge in [0.25, 0.3) is 0 Å². The van der Waals surface area contributed by atoms with Gasteiger partial charge in [-0.3, -0.25) is 0 Å². The highest BCUT2D eigenvalue weighted by molar-refractivity contribution is 5.86. The average molecular weight is 232 g/mol. The lowest BCUT2D eigenvalue weighted by Gasteiger charge is -2.02. The van der Waals surface area contributed by atoms with Crippen molar-refractivity contribution in [1.82, 2.24) is 0 Å². The highest BCUT2D eigenvalue weighted by atomic mass is 16.6. The maximum Gasteiger partial charge on any atom is 0.333 e. The van der Waals surface area contributed by atoms with E-state index < -0.39 is 12.3 Å². The van der Waals surface area contributed by atoms with Crippen LogP contribution in [0.4, 0.5) is 0 Å². The van der Waals surface area contributed by atoms with E-state index >= 15 is 0 Å². The number of rotatable bonds is 3. The molecule has 1 aromatic rings. The topological polar surface area (TPSA) is 55.8 Å². The van der Waals surface area contributed by atoms with E-state index in [9.17, 15) is 9.90 Å². The summed E-state index contributed by atoms with van der Waals surface area (Å²) in [5.41, 5.74) is 1.39. The van der Waals surface area contributed by atoms with Crippen LogP contribution in [0.5, 0.6) is 5.75 Å². The number of ether oxygens (including phenoxy) is 2. The molecule has 17 heavy (non-hydrogen) atoms. The number of esters is 1. The first kappa shape index (κ1) is 11.4. The number of hydrogen-bond acceptors (Lipinski definition) is 4. The van der Waals surface area contributed by atoms with E-state index in [2.05, 4.69) is 4.74 Å². The van der Waals surface area contributed by atoms with Crippen molar-refractivity contribution in [2.75, 3.05) is 7.11 Å². The van der Waals surface area contributed by atoms with Crippen LogP contribution in [-0.2, 0) is 9.53 Å². The van der Waals surface area contributed by atoms with Gasteiger partial charge in [0.05, 0.1) is 7.11 Å². The Labute approximate surface area is 98.8 Å². The van der Waals surface area contributed by atoms with Gasteiger partial charge in [-0.1, -0.05) is 24.3 Å². The molecule has 1 unspecified atom stereocenters. The lowest BCUT2D eigenvalue weighted by molar-refractivity contribution is -0.150. The molecule has 0 saturated heterocycles.